The van der Waals surface area contributed by atoms with E-state index in [0.29, 0.717) is 18.0 Å². The summed E-state index contributed by atoms with van der Waals surface area (Å²) in [7, 11) is 1.56. The number of likely N-dealkylation sites (N-methyl/N-ethyl adjacent to an activating group) is 1. The molecule has 0 spiro atoms. The number of carbonyl (C=O) groups excluding carboxylic acids is 3. The van der Waals surface area contributed by atoms with Gasteiger partial charge in [0.2, 0.25) is 0 Å². The summed E-state index contributed by atoms with van der Waals surface area (Å²) in [5, 5.41) is 7.73. The second-order valence-electron chi connectivity index (χ2n) is 6.07. The Kier molecular flexibility index (Phi) is 9.14. The quantitative estimate of drug-likeness (QED) is 0.501. The molecule has 4 amide bonds. The molecular formula is C18H29N4O4+. The van der Waals surface area contributed by atoms with Crippen LogP contribution in [0.5, 0.6) is 5.75 Å². The van der Waals surface area contributed by atoms with Gasteiger partial charge in [-0.05, 0) is 32.4 Å². The monoisotopic (exact) mass is 365 g/mol. The van der Waals surface area contributed by atoms with Gasteiger partial charge in [-0.1, -0.05) is 13.0 Å². The Morgan fingerprint density at radius 3 is 2.46 bits per heavy atom. The zero-order chi connectivity index (χ0) is 19.5. The summed E-state index contributed by atoms with van der Waals surface area (Å²) in [5.41, 5.74) is 0.627. The summed E-state index contributed by atoms with van der Waals surface area (Å²) in [4.78, 5) is 36.6. The van der Waals surface area contributed by atoms with Crippen molar-refractivity contribution in [3.05, 3.63) is 24.3 Å². The summed E-state index contributed by atoms with van der Waals surface area (Å²) in [6.45, 7) is 6.41. The van der Waals surface area contributed by atoms with Gasteiger partial charge in [-0.25, -0.2) is 4.79 Å². The molecule has 0 fully saturated rings. The maximum absolute atomic E-state index is 12.2. The molecule has 0 aliphatic rings. The number of nitrogens with one attached hydrogen (secondary N) is 4. The lowest BCUT2D eigenvalue weighted by atomic mass is 10.3. The number of rotatable bonds is 9. The minimum Gasteiger partial charge on any atom is -0.497 e. The number of carbonyl (C=O) groups is 3. The van der Waals surface area contributed by atoms with Gasteiger partial charge in [0.05, 0.1) is 13.7 Å². The number of urea groups is 1. The van der Waals surface area contributed by atoms with Crippen LogP contribution >= 0.6 is 0 Å². The molecule has 1 aromatic carbocycles. The molecule has 2 atom stereocenters. The van der Waals surface area contributed by atoms with E-state index in [1.165, 1.54) is 0 Å². The molecule has 8 nitrogen and oxygen atoms in total. The van der Waals surface area contributed by atoms with Gasteiger partial charge in [0.15, 0.2) is 13.1 Å². The molecular weight excluding hydrogens is 336 g/mol. The molecule has 4 N–H and O–H groups in total. The molecule has 0 radical (unpaired) electrons. The van der Waals surface area contributed by atoms with Crippen LogP contribution in [0.3, 0.4) is 0 Å². The lowest BCUT2D eigenvalue weighted by molar-refractivity contribution is -0.881. The van der Waals surface area contributed by atoms with Crippen LogP contribution < -0.4 is 25.6 Å². The second kappa shape index (κ2) is 11.1. The second-order valence-corrected chi connectivity index (χ2v) is 6.07. The first-order valence-corrected chi connectivity index (χ1v) is 8.75. The number of amides is 4. The van der Waals surface area contributed by atoms with Crippen molar-refractivity contribution >= 4 is 23.5 Å². The zero-order valence-corrected chi connectivity index (χ0v) is 15.8. The van der Waals surface area contributed by atoms with Crippen LogP contribution in [-0.2, 0) is 9.59 Å². The molecule has 0 aliphatic carbocycles. The number of hydrogen-bond acceptors (Lipinski definition) is 4. The van der Waals surface area contributed by atoms with Gasteiger partial charge in [-0.15, -0.1) is 0 Å². The Bertz CT molecular complexity index is 621. The van der Waals surface area contributed by atoms with Crippen LogP contribution in [0, 0.1) is 0 Å². The van der Waals surface area contributed by atoms with Crippen molar-refractivity contribution in [3.8, 4) is 5.75 Å². The summed E-state index contributed by atoms with van der Waals surface area (Å²) in [6, 6.07) is 6.52. The van der Waals surface area contributed by atoms with Gasteiger partial charge in [0, 0.05) is 17.8 Å². The van der Waals surface area contributed by atoms with Crippen LogP contribution in [0.25, 0.3) is 0 Å². The topological polar surface area (TPSA) is 101 Å². The van der Waals surface area contributed by atoms with Crippen molar-refractivity contribution in [2.24, 2.45) is 0 Å². The molecule has 0 bridgehead atoms. The predicted molar refractivity (Wildman–Crippen MR) is 99.3 cm³/mol. The molecule has 0 saturated carbocycles. The fourth-order valence-corrected chi connectivity index (χ4v) is 2.21. The largest absolute Gasteiger partial charge is 0.497 e. The van der Waals surface area contributed by atoms with Gasteiger partial charge >= 0.3 is 6.03 Å². The van der Waals surface area contributed by atoms with E-state index in [9.17, 15) is 14.4 Å². The van der Waals surface area contributed by atoms with Crippen molar-refractivity contribution in [2.75, 3.05) is 32.1 Å². The maximum atomic E-state index is 12.2. The number of benzene rings is 1. The Labute approximate surface area is 154 Å². The molecule has 0 saturated heterocycles. The first-order chi connectivity index (χ1) is 12.4. The first kappa shape index (κ1) is 21.4. The van der Waals surface area contributed by atoms with E-state index < -0.39 is 11.9 Å². The van der Waals surface area contributed by atoms with Gasteiger partial charge in [-0.2, -0.15) is 0 Å². The molecule has 1 rings (SSSR count). The average molecular weight is 365 g/mol. The van der Waals surface area contributed by atoms with Crippen LogP contribution in [0.2, 0.25) is 0 Å². The van der Waals surface area contributed by atoms with E-state index in [4.69, 9.17) is 4.74 Å². The van der Waals surface area contributed by atoms with E-state index in [1.807, 2.05) is 20.8 Å². The molecule has 0 aliphatic heterocycles. The molecule has 26 heavy (non-hydrogen) atoms. The smallest absolute Gasteiger partial charge is 0.321 e. The third-order valence-corrected chi connectivity index (χ3v) is 3.92. The first-order valence-electron chi connectivity index (χ1n) is 8.75. The number of quaternary nitrogens is 1. The van der Waals surface area contributed by atoms with E-state index >= 15 is 0 Å². The molecule has 0 heterocycles. The summed E-state index contributed by atoms with van der Waals surface area (Å²) in [5.74, 6) is 0.0120. The molecule has 0 aromatic heterocycles. The van der Waals surface area contributed by atoms with Crippen LogP contribution in [0.15, 0.2) is 24.3 Å². The zero-order valence-electron chi connectivity index (χ0n) is 15.8. The normalized spacial score (nSPS) is 12.6. The van der Waals surface area contributed by atoms with Gasteiger partial charge in [0.25, 0.3) is 11.8 Å². The van der Waals surface area contributed by atoms with Gasteiger partial charge < -0.3 is 20.3 Å². The highest BCUT2D eigenvalue weighted by Crippen LogP contribution is 2.16. The molecule has 144 valence electrons. The Morgan fingerprint density at radius 2 is 1.85 bits per heavy atom. The number of hydrogen-bond donors (Lipinski definition) is 4. The predicted octanol–water partition coefficient (Wildman–Crippen LogP) is 0.163. The van der Waals surface area contributed by atoms with Crippen molar-refractivity contribution < 1.29 is 24.0 Å². The van der Waals surface area contributed by atoms with Gasteiger partial charge in [-0.3, -0.25) is 14.9 Å². The van der Waals surface area contributed by atoms with Crippen molar-refractivity contribution in [1.29, 1.82) is 0 Å². The number of imide groups is 1. The standard InChI is InChI=1S/C18H28N4O4/c1-5-13(3)19-18(25)21-17(24)12-22(6-2)11-16(23)20-14-8-7-9-15(10-14)26-4/h7-10,13H,5-6,11-12H2,1-4H3,(H,20,23)(H2,19,21,24,25)/p+1/t13-/m1/s1. The van der Waals surface area contributed by atoms with Crippen molar-refractivity contribution in [3.63, 3.8) is 0 Å². The SMILES string of the molecule is CC[C@@H](C)NC(=O)NC(=O)C[NH+](CC)CC(=O)Nc1cccc(OC)c1. The molecule has 8 heteroatoms. The van der Waals surface area contributed by atoms with E-state index in [1.54, 1.807) is 31.4 Å². The number of ether oxygens (including phenoxy) is 1. The number of anilines is 1. The highest BCUT2D eigenvalue weighted by molar-refractivity contribution is 5.95. The third-order valence-electron chi connectivity index (χ3n) is 3.92. The molecule has 1 unspecified atom stereocenters. The fourth-order valence-electron chi connectivity index (χ4n) is 2.21. The van der Waals surface area contributed by atoms with E-state index in [0.717, 1.165) is 11.3 Å². The van der Waals surface area contributed by atoms with Gasteiger partial charge in [0.1, 0.15) is 5.75 Å². The lowest BCUT2D eigenvalue weighted by Crippen LogP contribution is -3.14. The van der Waals surface area contributed by atoms with Crippen molar-refractivity contribution in [2.45, 2.75) is 33.2 Å². The lowest BCUT2D eigenvalue weighted by Gasteiger charge is -2.17. The average Bonchev–Trinajstić information content (AvgIpc) is 2.60. The maximum Gasteiger partial charge on any atom is 0.321 e. The molecule has 1 aromatic rings. The Morgan fingerprint density at radius 1 is 1.15 bits per heavy atom. The summed E-state index contributed by atoms with van der Waals surface area (Å²) >= 11 is 0. The highest BCUT2D eigenvalue weighted by atomic mass is 16.5. The van der Waals surface area contributed by atoms with E-state index in [-0.39, 0.29) is 25.0 Å². The minimum atomic E-state index is -0.513. The van der Waals surface area contributed by atoms with Crippen LogP contribution in [0.1, 0.15) is 27.2 Å². The minimum absolute atomic E-state index is 0.00827. The highest BCUT2D eigenvalue weighted by Gasteiger charge is 2.18. The van der Waals surface area contributed by atoms with Crippen LogP contribution in [0.4, 0.5) is 10.5 Å². The van der Waals surface area contributed by atoms with Crippen LogP contribution in [-0.4, -0.2) is 50.6 Å². The summed E-state index contributed by atoms with van der Waals surface area (Å²) in [6.07, 6.45) is 0.776. The van der Waals surface area contributed by atoms with Crippen molar-refractivity contribution in [1.82, 2.24) is 10.6 Å². The third kappa shape index (κ3) is 7.98. The van der Waals surface area contributed by atoms with E-state index in [2.05, 4.69) is 16.0 Å². The summed E-state index contributed by atoms with van der Waals surface area (Å²) < 4.78 is 5.12. The Hall–Kier alpha value is -2.61. The number of methoxy groups -OCH3 is 1. The fraction of sp³-hybridized carbons (Fsp3) is 0.500. The Balaban J connectivity index is 2.48.